The summed E-state index contributed by atoms with van der Waals surface area (Å²) in [7, 11) is 1.69. The molecule has 0 bridgehead atoms. The Morgan fingerprint density at radius 1 is 1.53 bits per heavy atom. The van der Waals surface area contributed by atoms with Gasteiger partial charge in [0.05, 0.1) is 24.5 Å². The lowest BCUT2D eigenvalue weighted by Crippen LogP contribution is -2.26. The summed E-state index contributed by atoms with van der Waals surface area (Å²) in [4.78, 5) is 4.42. The molecular formula is C13H17N3O. The summed E-state index contributed by atoms with van der Waals surface area (Å²) in [6.45, 7) is 2.13. The van der Waals surface area contributed by atoms with E-state index in [1.165, 1.54) is 12.8 Å². The maximum atomic E-state index is 5.26. The molecule has 1 atom stereocenters. The van der Waals surface area contributed by atoms with Crippen LogP contribution < -0.4 is 10.1 Å². The molecule has 1 fully saturated rings. The van der Waals surface area contributed by atoms with Crippen LogP contribution in [0.4, 0.5) is 0 Å². The van der Waals surface area contributed by atoms with E-state index >= 15 is 0 Å². The Morgan fingerprint density at radius 2 is 2.47 bits per heavy atom. The molecule has 0 spiro atoms. The highest BCUT2D eigenvalue weighted by Gasteiger charge is 2.15. The average molecular weight is 231 g/mol. The van der Waals surface area contributed by atoms with E-state index in [0.717, 1.165) is 29.9 Å². The molecule has 0 saturated carbocycles. The molecule has 1 aliphatic heterocycles. The zero-order valence-corrected chi connectivity index (χ0v) is 10.0. The Balaban J connectivity index is 1.92. The number of benzene rings is 1. The van der Waals surface area contributed by atoms with Crippen molar-refractivity contribution < 1.29 is 4.74 Å². The molecule has 2 heterocycles. The summed E-state index contributed by atoms with van der Waals surface area (Å²) in [5.74, 6) is 0.888. The van der Waals surface area contributed by atoms with Crippen LogP contribution in [-0.2, 0) is 6.54 Å². The van der Waals surface area contributed by atoms with E-state index in [4.69, 9.17) is 4.74 Å². The summed E-state index contributed by atoms with van der Waals surface area (Å²) in [5.41, 5.74) is 2.18. The number of nitrogens with one attached hydrogen (secondary N) is 1. The molecule has 4 heteroatoms. The van der Waals surface area contributed by atoms with E-state index in [1.807, 2.05) is 18.5 Å². The first kappa shape index (κ1) is 10.6. The molecule has 1 aromatic carbocycles. The fourth-order valence-electron chi connectivity index (χ4n) is 2.46. The fraction of sp³-hybridized carbons (Fsp3) is 0.462. The zero-order chi connectivity index (χ0) is 11.7. The van der Waals surface area contributed by atoms with Gasteiger partial charge in [0.2, 0.25) is 0 Å². The number of hydrogen-bond acceptors (Lipinski definition) is 3. The Kier molecular flexibility index (Phi) is 2.73. The summed E-state index contributed by atoms with van der Waals surface area (Å²) >= 11 is 0. The highest BCUT2D eigenvalue weighted by atomic mass is 16.5. The zero-order valence-electron chi connectivity index (χ0n) is 10.0. The van der Waals surface area contributed by atoms with Gasteiger partial charge in [-0.05, 0) is 31.5 Å². The van der Waals surface area contributed by atoms with Gasteiger partial charge in [0.1, 0.15) is 5.75 Å². The van der Waals surface area contributed by atoms with Gasteiger partial charge >= 0.3 is 0 Å². The minimum atomic E-state index is 0.582. The third-order valence-corrected chi connectivity index (χ3v) is 3.41. The van der Waals surface area contributed by atoms with Crippen LogP contribution in [0.2, 0.25) is 0 Å². The van der Waals surface area contributed by atoms with Crippen molar-refractivity contribution in [2.24, 2.45) is 0 Å². The van der Waals surface area contributed by atoms with Gasteiger partial charge in [0.25, 0.3) is 0 Å². The molecule has 3 rings (SSSR count). The van der Waals surface area contributed by atoms with Crippen LogP contribution in [0, 0.1) is 0 Å². The number of rotatable bonds is 3. The Labute approximate surface area is 101 Å². The van der Waals surface area contributed by atoms with Crippen molar-refractivity contribution >= 4 is 11.0 Å². The smallest absolute Gasteiger partial charge is 0.121 e. The van der Waals surface area contributed by atoms with Crippen molar-refractivity contribution in [1.82, 2.24) is 14.9 Å². The fourth-order valence-corrected chi connectivity index (χ4v) is 2.46. The Morgan fingerprint density at radius 3 is 3.24 bits per heavy atom. The number of aromatic nitrogens is 2. The van der Waals surface area contributed by atoms with Crippen LogP contribution in [0.3, 0.4) is 0 Å². The predicted molar refractivity (Wildman–Crippen MR) is 67.3 cm³/mol. The van der Waals surface area contributed by atoms with E-state index in [-0.39, 0.29) is 0 Å². The molecule has 17 heavy (non-hydrogen) atoms. The average Bonchev–Trinajstić information content (AvgIpc) is 2.99. The number of fused-ring (bicyclic) bond motifs is 1. The van der Waals surface area contributed by atoms with Crippen molar-refractivity contribution in [3.05, 3.63) is 24.5 Å². The van der Waals surface area contributed by atoms with Gasteiger partial charge in [-0.3, -0.25) is 0 Å². The first-order valence-electron chi connectivity index (χ1n) is 6.09. The Hall–Kier alpha value is -1.55. The molecule has 1 saturated heterocycles. The van der Waals surface area contributed by atoms with Crippen LogP contribution in [-0.4, -0.2) is 29.2 Å². The van der Waals surface area contributed by atoms with Gasteiger partial charge in [0.15, 0.2) is 0 Å². The molecule has 1 N–H and O–H groups in total. The minimum Gasteiger partial charge on any atom is -0.497 e. The third-order valence-electron chi connectivity index (χ3n) is 3.41. The topological polar surface area (TPSA) is 39.1 Å². The quantitative estimate of drug-likeness (QED) is 0.875. The van der Waals surface area contributed by atoms with Gasteiger partial charge in [0, 0.05) is 18.7 Å². The van der Waals surface area contributed by atoms with Gasteiger partial charge in [-0.25, -0.2) is 4.98 Å². The molecule has 0 aliphatic carbocycles. The highest BCUT2D eigenvalue weighted by Crippen LogP contribution is 2.20. The molecule has 4 nitrogen and oxygen atoms in total. The number of ether oxygens (including phenoxy) is 1. The van der Waals surface area contributed by atoms with Gasteiger partial charge in [-0.2, -0.15) is 0 Å². The first-order chi connectivity index (χ1) is 8.36. The predicted octanol–water partition coefficient (Wildman–Crippen LogP) is 1.80. The van der Waals surface area contributed by atoms with E-state index in [9.17, 15) is 0 Å². The van der Waals surface area contributed by atoms with Crippen LogP contribution in [0.15, 0.2) is 24.5 Å². The van der Waals surface area contributed by atoms with Crippen LogP contribution in [0.5, 0.6) is 5.75 Å². The van der Waals surface area contributed by atoms with Crippen molar-refractivity contribution in [3.8, 4) is 5.75 Å². The van der Waals surface area contributed by atoms with Crippen molar-refractivity contribution in [2.75, 3.05) is 13.7 Å². The summed E-state index contributed by atoms with van der Waals surface area (Å²) in [6.07, 6.45) is 4.45. The normalized spacial score (nSPS) is 19.9. The lowest BCUT2D eigenvalue weighted by Gasteiger charge is -2.11. The highest BCUT2D eigenvalue weighted by molar-refractivity contribution is 5.77. The van der Waals surface area contributed by atoms with Gasteiger partial charge in [-0.15, -0.1) is 0 Å². The SMILES string of the molecule is COc1ccc2ncn(CC3CCCN3)c2c1. The second-order valence-corrected chi connectivity index (χ2v) is 4.54. The lowest BCUT2D eigenvalue weighted by atomic mass is 10.2. The van der Waals surface area contributed by atoms with E-state index < -0.39 is 0 Å². The monoisotopic (exact) mass is 231 g/mol. The van der Waals surface area contributed by atoms with Gasteiger partial charge in [-0.1, -0.05) is 0 Å². The number of nitrogens with zero attached hydrogens (tertiary/aromatic N) is 2. The second-order valence-electron chi connectivity index (χ2n) is 4.54. The number of imidazole rings is 1. The molecule has 2 aromatic rings. The maximum absolute atomic E-state index is 5.26. The largest absolute Gasteiger partial charge is 0.497 e. The Bertz CT molecular complexity index is 514. The molecule has 1 aliphatic rings. The minimum absolute atomic E-state index is 0.582. The maximum Gasteiger partial charge on any atom is 0.121 e. The molecule has 0 radical (unpaired) electrons. The summed E-state index contributed by atoms with van der Waals surface area (Å²) in [6, 6.07) is 6.59. The van der Waals surface area contributed by atoms with Crippen molar-refractivity contribution in [1.29, 1.82) is 0 Å². The van der Waals surface area contributed by atoms with Crippen LogP contribution in [0.25, 0.3) is 11.0 Å². The number of hydrogen-bond donors (Lipinski definition) is 1. The van der Waals surface area contributed by atoms with Crippen LogP contribution in [0.1, 0.15) is 12.8 Å². The van der Waals surface area contributed by atoms with Crippen molar-refractivity contribution in [2.45, 2.75) is 25.4 Å². The molecule has 90 valence electrons. The molecular weight excluding hydrogens is 214 g/mol. The summed E-state index contributed by atoms with van der Waals surface area (Å²) in [5, 5.41) is 3.51. The van der Waals surface area contributed by atoms with E-state index in [0.29, 0.717) is 6.04 Å². The third kappa shape index (κ3) is 2.00. The van der Waals surface area contributed by atoms with E-state index in [2.05, 4.69) is 20.9 Å². The van der Waals surface area contributed by atoms with E-state index in [1.54, 1.807) is 7.11 Å². The molecule has 1 unspecified atom stereocenters. The lowest BCUT2D eigenvalue weighted by molar-refractivity contribution is 0.415. The van der Waals surface area contributed by atoms with Crippen molar-refractivity contribution in [3.63, 3.8) is 0 Å². The summed E-state index contributed by atoms with van der Waals surface area (Å²) < 4.78 is 7.47. The second kappa shape index (κ2) is 4.37. The van der Waals surface area contributed by atoms with Crippen LogP contribution >= 0.6 is 0 Å². The molecule has 0 amide bonds. The molecule has 1 aromatic heterocycles. The van der Waals surface area contributed by atoms with Gasteiger partial charge < -0.3 is 14.6 Å². The number of methoxy groups -OCH3 is 1. The first-order valence-corrected chi connectivity index (χ1v) is 6.09. The standard InChI is InChI=1S/C13H17N3O/c1-17-11-4-5-12-13(7-11)16(9-15-12)8-10-3-2-6-14-10/h4-5,7,9-10,14H,2-3,6,8H2,1H3.